The van der Waals surface area contributed by atoms with Crippen LogP contribution in [0.15, 0.2) is 47.1 Å². The standard InChI is InChI=1S/C23H22N4O5/c1-12-16(23(30)26-11-17(28)13(26)2)10-27-21(12)18(6-7-25-27)31-15-5-4-14-8-20(22(29)24-3)32-19(14)9-15/h4-10,13,17,28H,11H2,1-3H3,(H,24,29)/t13-,17-/m0/s1. The van der Waals surface area contributed by atoms with E-state index in [2.05, 4.69) is 10.4 Å². The van der Waals surface area contributed by atoms with Crippen molar-refractivity contribution in [1.29, 1.82) is 0 Å². The van der Waals surface area contributed by atoms with Crippen LogP contribution < -0.4 is 10.1 Å². The Bertz CT molecular complexity index is 1370. The molecule has 2 N–H and O–H groups in total. The van der Waals surface area contributed by atoms with Crippen molar-refractivity contribution in [2.24, 2.45) is 0 Å². The van der Waals surface area contributed by atoms with Gasteiger partial charge in [0.25, 0.3) is 11.8 Å². The van der Waals surface area contributed by atoms with Crippen LogP contribution in [0.1, 0.15) is 33.4 Å². The Morgan fingerprint density at radius 1 is 1.28 bits per heavy atom. The van der Waals surface area contributed by atoms with Gasteiger partial charge in [-0.3, -0.25) is 9.59 Å². The molecule has 0 spiro atoms. The fraction of sp³-hybridized carbons (Fsp3) is 0.261. The van der Waals surface area contributed by atoms with Gasteiger partial charge in [0.2, 0.25) is 0 Å². The highest BCUT2D eigenvalue weighted by Crippen LogP contribution is 2.33. The number of furan rings is 1. The smallest absolute Gasteiger partial charge is 0.286 e. The minimum Gasteiger partial charge on any atom is -0.455 e. The van der Waals surface area contributed by atoms with Crippen molar-refractivity contribution in [3.8, 4) is 11.5 Å². The van der Waals surface area contributed by atoms with Crippen LogP contribution in [0.2, 0.25) is 0 Å². The molecule has 2 amide bonds. The molecule has 164 valence electrons. The number of nitrogens with zero attached hydrogens (tertiary/aromatic N) is 3. The van der Waals surface area contributed by atoms with E-state index < -0.39 is 6.10 Å². The first-order chi connectivity index (χ1) is 15.4. The summed E-state index contributed by atoms with van der Waals surface area (Å²) < 4.78 is 13.4. The average Bonchev–Trinajstić information content (AvgIpc) is 3.37. The quantitative estimate of drug-likeness (QED) is 0.511. The van der Waals surface area contributed by atoms with Gasteiger partial charge in [-0.1, -0.05) is 0 Å². The van der Waals surface area contributed by atoms with Crippen molar-refractivity contribution in [1.82, 2.24) is 19.8 Å². The van der Waals surface area contributed by atoms with E-state index in [4.69, 9.17) is 9.15 Å². The minimum atomic E-state index is -0.492. The number of β-amino-alcohol motifs (C(OH)–C–C–N with tert-alkyl or cyclic N) is 1. The predicted octanol–water partition coefficient (Wildman–Crippen LogP) is 2.75. The average molecular weight is 434 g/mol. The van der Waals surface area contributed by atoms with Gasteiger partial charge in [0.1, 0.15) is 16.8 Å². The number of hydrogen-bond donors (Lipinski definition) is 2. The van der Waals surface area contributed by atoms with Crippen molar-refractivity contribution < 1.29 is 23.8 Å². The maximum absolute atomic E-state index is 13.0. The van der Waals surface area contributed by atoms with Crippen molar-refractivity contribution in [3.05, 3.63) is 59.6 Å². The maximum atomic E-state index is 13.0. The van der Waals surface area contributed by atoms with Gasteiger partial charge in [-0.15, -0.1) is 0 Å². The molecule has 1 fully saturated rings. The Morgan fingerprint density at radius 2 is 2.09 bits per heavy atom. The van der Waals surface area contributed by atoms with E-state index in [-0.39, 0.29) is 23.6 Å². The molecule has 1 aliphatic heterocycles. The Balaban J connectivity index is 1.49. The summed E-state index contributed by atoms with van der Waals surface area (Å²) in [7, 11) is 1.54. The lowest BCUT2D eigenvalue weighted by Gasteiger charge is -2.43. The zero-order chi connectivity index (χ0) is 22.6. The lowest BCUT2D eigenvalue weighted by atomic mass is 9.99. The number of carbonyl (C=O) groups is 2. The number of aliphatic hydroxyl groups is 1. The number of carbonyl (C=O) groups excluding carboxylic acids is 2. The number of amides is 2. The predicted molar refractivity (Wildman–Crippen MR) is 116 cm³/mol. The monoisotopic (exact) mass is 434 g/mol. The summed E-state index contributed by atoms with van der Waals surface area (Å²) >= 11 is 0. The van der Waals surface area contributed by atoms with E-state index in [1.807, 2.05) is 19.9 Å². The zero-order valence-corrected chi connectivity index (χ0v) is 17.8. The molecule has 3 aromatic heterocycles. The van der Waals surface area contributed by atoms with Gasteiger partial charge in [0.15, 0.2) is 11.5 Å². The molecule has 5 rings (SSSR count). The number of nitrogens with one attached hydrogen (secondary N) is 1. The van der Waals surface area contributed by atoms with Gasteiger partial charge in [0, 0.05) is 37.3 Å². The fourth-order valence-corrected chi connectivity index (χ4v) is 3.97. The van der Waals surface area contributed by atoms with Crippen molar-refractivity contribution in [3.63, 3.8) is 0 Å². The number of hydrogen-bond acceptors (Lipinski definition) is 6. The first kappa shape index (κ1) is 20.1. The highest BCUT2D eigenvalue weighted by Gasteiger charge is 2.38. The van der Waals surface area contributed by atoms with E-state index >= 15 is 0 Å². The highest BCUT2D eigenvalue weighted by atomic mass is 16.5. The molecule has 4 aromatic rings. The summed E-state index contributed by atoms with van der Waals surface area (Å²) in [5.74, 6) is 0.837. The molecule has 0 radical (unpaired) electrons. The van der Waals surface area contributed by atoms with Crippen LogP contribution in [0.4, 0.5) is 0 Å². The van der Waals surface area contributed by atoms with Crippen molar-refractivity contribution in [2.75, 3.05) is 13.6 Å². The second-order valence-corrected chi connectivity index (χ2v) is 7.91. The molecule has 1 aromatic carbocycles. The molecule has 0 saturated carbocycles. The summed E-state index contributed by atoms with van der Waals surface area (Å²) in [5.41, 5.74) is 2.46. The first-order valence-corrected chi connectivity index (χ1v) is 10.3. The number of aryl methyl sites for hydroxylation is 1. The second-order valence-electron chi connectivity index (χ2n) is 7.91. The van der Waals surface area contributed by atoms with E-state index in [9.17, 15) is 14.7 Å². The molecule has 9 nitrogen and oxygen atoms in total. The van der Waals surface area contributed by atoms with Gasteiger partial charge in [-0.25, -0.2) is 4.52 Å². The number of aliphatic hydroxyl groups excluding tert-OH is 1. The van der Waals surface area contributed by atoms with Gasteiger partial charge in [0.05, 0.1) is 23.9 Å². The molecule has 4 heterocycles. The van der Waals surface area contributed by atoms with Crippen LogP contribution >= 0.6 is 0 Å². The number of rotatable bonds is 4. The van der Waals surface area contributed by atoms with Crippen molar-refractivity contribution >= 4 is 28.3 Å². The summed E-state index contributed by atoms with van der Waals surface area (Å²) in [5, 5.41) is 17.4. The normalized spacial score (nSPS) is 18.1. The van der Waals surface area contributed by atoms with Crippen LogP contribution in [-0.2, 0) is 0 Å². The molecule has 0 unspecified atom stereocenters. The Morgan fingerprint density at radius 3 is 2.81 bits per heavy atom. The van der Waals surface area contributed by atoms with E-state index in [0.717, 1.165) is 10.9 Å². The molecule has 2 atom stereocenters. The molecule has 32 heavy (non-hydrogen) atoms. The largest absolute Gasteiger partial charge is 0.455 e. The minimum absolute atomic E-state index is 0.143. The summed E-state index contributed by atoms with van der Waals surface area (Å²) in [6.07, 6.45) is 2.79. The second kappa shape index (κ2) is 7.38. The fourth-order valence-electron chi connectivity index (χ4n) is 3.97. The first-order valence-electron chi connectivity index (χ1n) is 10.3. The molecule has 1 saturated heterocycles. The van der Waals surface area contributed by atoms with Crippen LogP contribution in [-0.4, -0.2) is 57.2 Å². The molecular formula is C23H22N4O5. The van der Waals surface area contributed by atoms with Crippen LogP contribution in [0.25, 0.3) is 16.5 Å². The summed E-state index contributed by atoms with van der Waals surface area (Å²) in [6, 6.07) is 8.51. The SMILES string of the molecule is CNC(=O)c1cc2ccc(Oc3ccnn4cc(C(=O)N5C[C@H](O)[C@@H]5C)c(C)c34)cc2o1. The lowest BCUT2D eigenvalue weighted by Crippen LogP contribution is -2.60. The number of ether oxygens (including phenoxy) is 1. The highest BCUT2D eigenvalue weighted by molar-refractivity contribution is 5.99. The van der Waals surface area contributed by atoms with Crippen LogP contribution in [0, 0.1) is 6.92 Å². The third kappa shape index (κ3) is 3.09. The number of likely N-dealkylation sites (tertiary alicyclic amines) is 1. The van der Waals surface area contributed by atoms with E-state index in [1.54, 1.807) is 53.1 Å². The van der Waals surface area contributed by atoms with Gasteiger partial charge in [-0.2, -0.15) is 5.10 Å². The maximum Gasteiger partial charge on any atom is 0.286 e. The number of fused-ring (bicyclic) bond motifs is 2. The zero-order valence-electron chi connectivity index (χ0n) is 17.8. The van der Waals surface area contributed by atoms with E-state index in [1.165, 1.54) is 0 Å². The van der Waals surface area contributed by atoms with Gasteiger partial charge < -0.3 is 24.5 Å². The molecule has 0 aliphatic carbocycles. The van der Waals surface area contributed by atoms with Gasteiger partial charge in [-0.05, 0) is 37.6 Å². The Kier molecular flexibility index (Phi) is 4.63. The summed E-state index contributed by atoms with van der Waals surface area (Å²) in [4.78, 5) is 26.4. The van der Waals surface area contributed by atoms with Gasteiger partial charge >= 0.3 is 0 Å². The third-order valence-electron chi connectivity index (χ3n) is 5.98. The van der Waals surface area contributed by atoms with E-state index in [0.29, 0.717) is 34.7 Å². The van der Waals surface area contributed by atoms with Crippen LogP contribution in [0.5, 0.6) is 11.5 Å². The van der Waals surface area contributed by atoms with Crippen LogP contribution in [0.3, 0.4) is 0 Å². The molecule has 0 bridgehead atoms. The molecular weight excluding hydrogens is 412 g/mol. The molecule has 9 heteroatoms. The Hall–Kier alpha value is -3.85. The van der Waals surface area contributed by atoms with Crippen molar-refractivity contribution in [2.45, 2.75) is 26.0 Å². The molecule has 1 aliphatic rings. The lowest BCUT2D eigenvalue weighted by molar-refractivity contribution is -0.0357. The summed E-state index contributed by atoms with van der Waals surface area (Å²) in [6.45, 7) is 4.00. The number of aromatic nitrogens is 2. The topological polar surface area (TPSA) is 109 Å². The number of benzene rings is 1. The Labute approximate surface area is 183 Å². The third-order valence-corrected chi connectivity index (χ3v) is 5.98.